The number of hydrogen-bond donors (Lipinski definition) is 1. The summed E-state index contributed by atoms with van der Waals surface area (Å²) in [6, 6.07) is 11.5. The SMILES string of the molecule is CCCCn1nc(NC(=O)c2cc(OCC)c(OCC)c(OCC)c2)c2cc3cccc(C)c3nc21. The molecule has 0 bridgehead atoms. The van der Waals surface area contributed by atoms with Crippen LogP contribution in [0.15, 0.2) is 36.4 Å². The number of hydrogen-bond acceptors (Lipinski definition) is 6. The minimum atomic E-state index is -0.314. The van der Waals surface area contributed by atoms with Crippen molar-refractivity contribution in [2.45, 2.75) is 54.0 Å². The number of nitrogens with one attached hydrogen (secondary N) is 1. The Balaban J connectivity index is 1.77. The van der Waals surface area contributed by atoms with Crippen molar-refractivity contribution in [2.75, 3.05) is 25.1 Å². The van der Waals surface area contributed by atoms with Crippen molar-refractivity contribution in [3.05, 3.63) is 47.5 Å². The molecule has 1 N–H and O–H groups in total. The molecule has 4 rings (SSSR count). The highest BCUT2D eigenvalue weighted by atomic mass is 16.5. The lowest BCUT2D eigenvalue weighted by atomic mass is 10.1. The third kappa shape index (κ3) is 5.08. The van der Waals surface area contributed by atoms with Gasteiger partial charge in [0.05, 0.1) is 30.7 Å². The van der Waals surface area contributed by atoms with Crippen LogP contribution in [-0.4, -0.2) is 40.5 Å². The number of nitrogens with zero attached hydrogens (tertiary/aromatic N) is 3. The Kier molecular flexibility index (Phi) is 7.93. The van der Waals surface area contributed by atoms with Crippen LogP contribution < -0.4 is 19.5 Å². The molecule has 0 radical (unpaired) electrons. The number of amides is 1. The number of anilines is 1. The number of unbranched alkanes of at least 4 members (excludes halogenated alkanes) is 1. The molecule has 1 amide bonds. The summed E-state index contributed by atoms with van der Waals surface area (Å²) < 4.78 is 19.2. The maximum absolute atomic E-state index is 13.4. The van der Waals surface area contributed by atoms with Gasteiger partial charge >= 0.3 is 0 Å². The zero-order valence-corrected chi connectivity index (χ0v) is 21.7. The monoisotopic (exact) mass is 490 g/mol. The molecular weight excluding hydrogens is 456 g/mol. The predicted octanol–water partition coefficient (Wildman–Crippen LogP) is 6.14. The van der Waals surface area contributed by atoms with Crippen LogP contribution in [0.5, 0.6) is 17.2 Å². The highest BCUT2D eigenvalue weighted by Gasteiger charge is 2.21. The largest absolute Gasteiger partial charge is 0.490 e. The van der Waals surface area contributed by atoms with Gasteiger partial charge in [0.2, 0.25) is 5.75 Å². The molecule has 36 heavy (non-hydrogen) atoms. The van der Waals surface area contributed by atoms with E-state index in [9.17, 15) is 4.79 Å². The van der Waals surface area contributed by atoms with Gasteiger partial charge in [-0.25, -0.2) is 9.67 Å². The van der Waals surface area contributed by atoms with E-state index in [-0.39, 0.29) is 5.91 Å². The van der Waals surface area contributed by atoms with Crippen molar-refractivity contribution in [2.24, 2.45) is 0 Å². The van der Waals surface area contributed by atoms with Crippen molar-refractivity contribution in [1.29, 1.82) is 0 Å². The Labute approximate surface area is 211 Å². The quantitative estimate of drug-likeness (QED) is 0.272. The van der Waals surface area contributed by atoms with Crippen LogP contribution in [0.25, 0.3) is 21.9 Å². The lowest BCUT2D eigenvalue weighted by Gasteiger charge is -2.17. The molecule has 0 aliphatic heterocycles. The van der Waals surface area contributed by atoms with E-state index < -0.39 is 0 Å². The van der Waals surface area contributed by atoms with E-state index in [1.54, 1.807) is 12.1 Å². The molecule has 0 aliphatic carbocycles. The number of pyridine rings is 1. The number of aryl methyl sites for hydroxylation is 2. The summed E-state index contributed by atoms with van der Waals surface area (Å²) in [4.78, 5) is 18.4. The van der Waals surface area contributed by atoms with E-state index in [2.05, 4.69) is 25.2 Å². The highest BCUT2D eigenvalue weighted by Crippen LogP contribution is 2.39. The topological polar surface area (TPSA) is 87.5 Å². The van der Waals surface area contributed by atoms with Gasteiger partial charge < -0.3 is 19.5 Å². The average Bonchev–Trinajstić information content (AvgIpc) is 3.20. The number of para-hydroxylation sites is 1. The lowest BCUT2D eigenvalue weighted by Crippen LogP contribution is -2.14. The second kappa shape index (κ2) is 11.3. The molecule has 0 fully saturated rings. The molecule has 4 aromatic rings. The molecule has 0 atom stereocenters. The summed E-state index contributed by atoms with van der Waals surface area (Å²) in [7, 11) is 0. The van der Waals surface area contributed by atoms with E-state index >= 15 is 0 Å². The smallest absolute Gasteiger partial charge is 0.257 e. The summed E-state index contributed by atoms with van der Waals surface area (Å²) in [5.41, 5.74) is 3.20. The van der Waals surface area contributed by atoms with Crippen LogP contribution in [0.4, 0.5) is 5.82 Å². The third-order valence-electron chi connectivity index (χ3n) is 5.87. The van der Waals surface area contributed by atoms with Gasteiger partial charge in [0.25, 0.3) is 5.91 Å². The normalized spacial score (nSPS) is 11.1. The zero-order chi connectivity index (χ0) is 25.7. The van der Waals surface area contributed by atoms with Crippen molar-refractivity contribution in [3.63, 3.8) is 0 Å². The maximum Gasteiger partial charge on any atom is 0.257 e. The second-order valence-corrected chi connectivity index (χ2v) is 8.49. The second-order valence-electron chi connectivity index (χ2n) is 8.49. The van der Waals surface area contributed by atoms with Gasteiger partial charge in [-0.15, -0.1) is 0 Å². The highest BCUT2D eigenvalue weighted by molar-refractivity contribution is 6.09. The molecule has 2 aromatic carbocycles. The fourth-order valence-corrected chi connectivity index (χ4v) is 4.19. The van der Waals surface area contributed by atoms with Crippen molar-refractivity contribution >= 4 is 33.7 Å². The molecule has 0 spiro atoms. The Morgan fingerprint density at radius 3 is 2.31 bits per heavy atom. The zero-order valence-electron chi connectivity index (χ0n) is 21.7. The average molecular weight is 491 g/mol. The molecule has 2 aromatic heterocycles. The van der Waals surface area contributed by atoms with E-state index in [1.807, 2.05) is 43.7 Å². The number of aromatic nitrogens is 3. The van der Waals surface area contributed by atoms with E-state index in [1.165, 1.54) is 0 Å². The van der Waals surface area contributed by atoms with Gasteiger partial charge in [-0.05, 0) is 57.9 Å². The minimum Gasteiger partial charge on any atom is -0.490 e. The third-order valence-corrected chi connectivity index (χ3v) is 5.87. The van der Waals surface area contributed by atoms with Crippen LogP contribution in [0, 0.1) is 6.92 Å². The molecule has 2 heterocycles. The van der Waals surface area contributed by atoms with Crippen LogP contribution in [0.1, 0.15) is 56.5 Å². The Bertz CT molecular complexity index is 1350. The Morgan fingerprint density at radius 2 is 1.67 bits per heavy atom. The Morgan fingerprint density at radius 1 is 0.972 bits per heavy atom. The summed E-state index contributed by atoms with van der Waals surface area (Å²) in [6.45, 7) is 11.9. The Hall–Kier alpha value is -3.81. The van der Waals surface area contributed by atoms with Gasteiger partial charge in [0.15, 0.2) is 23.0 Å². The number of fused-ring (bicyclic) bond motifs is 2. The van der Waals surface area contributed by atoms with E-state index in [0.717, 1.165) is 46.9 Å². The summed E-state index contributed by atoms with van der Waals surface area (Å²) >= 11 is 0. The van der Waals surface area contributed by atoms with Gasteiger partial charge in [0.1, 0.15) is 0 Å². The first-order valence-electron chi connectivity index (χ1n) is 12.6. The number of ether oxygens (including phenoxy) is 3. The number of rotatable bonds is 11. The number of benzene rings is 2. The first-order chi connectivity index (χ1) is 17.5. The van der Waals surface area contributed by atoms with Gasteiger partial charge in [0, 0.05) is 17.5 Å². The van der Waals surface area contributed by atoms with Crippen LogP contribution in [-0.2, 0) is 6.54 Å². The van der Waals surface area contributed by atoms with Crippen LogP contribution in [0.3, 0.4) is 0 Å². The van der Waals surface area contributed by atoms with E-state index in [0.29, 0.717) is 48.5 Å². The molecular formula is C28H34N4O4. The summed E-state index contributed by atoms with van der Waals surface area (Å²) in [6.07, 6.45) is 1.99. The molecule has 0 saturated heterocycles. The molecule has 0 unspecified atom stereocenters. The van der Waals surface area contributed by atoms with Crippen molar-refractivity contribution in [3.8, 4) is 17.2 Å². The molecule has 190 valence electrons. The molecule has 0 aliphatic rings. The van der Waals surface area contributed by atoms with Crippen LogP contribution >= 0.6 is 0 Å². The fraction of sp³-hybridized carbons (Fsp3) is 0.393. The summed E-state index contributed by atoms with van der Waals surface area (Å²) in [5, 5.41) is 9.56. The van der Waals surface area contributed by atoms with Crippen molar-refractivity contribution < 1.29 is 19.0 Å². The van der Waals surface area contributed by atoms with E-state index in [4.69, 9.17) is 24.3 Å². The molecule has 8 heteroatoms. The predicted molar refractivity (Wildman–Crippen MR) is 143 cm³/mol. The van der Waals surface area contributed by atoms with Crippen molar-refractivity contribution in [1.82, 2.24) is 14.8 Å². The van der Waals surface area contributed by atoms with Crippen LogP contribution in [0.2, 0.25) is 0 Å². The standard InChI is InChI=1S/C28H34N4O4/c1-6-10-14-32-27-21(15-19-13-11-12-18(5)24(19)29-27)26(31-32)30-28(33)20-16-22(34-7-2)25(36-9-4)23(17-20)35-8-3/h11-13,15-17H,6-10,14H2,1-5H3,(H,30,31,33). The number of carbonyl (C=O) groups is 1. The first-order valence-corrected chi connectivity index (χ1v) is 12.6. The summed E-state index contributed by atoms with van der Waals surface area (Å²) in [5.74, 6) is 1.60. The van der Waals surface area contributed by atoms with Gasteiger partial charge in [-0.3, -0.25) is 4.79 Å². The fourth-order valence-electron chi connectivity index (χ4n) is 4.19. The molecule has 0 saturated carbocycles. The number of carbonyl (C=O) groups excluding carboxylic acids is 1. The maximum atomic E-state index is 13.4. The minimum absolute atomic E-state index is 0.314. The van der Waals surface area contributed by atoms with Gasteiger partial charge in [-0.2, -0.15) is 5.10 Å². The van der Waals surface area contributed by atoms with Gasteiger partial charge in [-0.1, -0.05) is 31.5 Å². The first kappa shape index (κ1) is 25.3. The lowest BCUT2D eigenvalue weighted by molar-refractivity contribution is 0.102. The molecule has 8 nitrogen and oxygen atoms in total.